The lowest BCUT2D eigenvalue weighted by Crippen LogP contribution is -2.20. The number of hydrogen-bond acceptors (Lipinski definition) is 6. The van der Waals surface area contributed by atoms with E-state index in [9.17, 15) is 4.79 Å². The van der Waals surface area contributed by atoms with E-state index in [0.29, 0.717) is 21.4 Å². The van der Waals surface area contributed by atoms with Crippen LogP contribution >= 0.6 is 23.1 Å². The normalized spacial score (nSPS) is 11.0. The summed E-state index contributed by atoms with van der Waals surface area (Å²) in [5, 5.41) is 2.55. The molecule has 26 heavy (non-hydrogen) atoms. The highest BCUT2D eigenvalue weighted by Gasteiger charge is 2.15. The van der Waals surface area contributed by atoms with Crippen LogP contribution in [0.2, 0.25) is 0 Å². The first-order chi connectivity index (χ1) is 12.8. The van der Waals surface area contributed by atoms with Crippen molar-refractivity contribution < 1.29 is 4.74 Å². The fourth-order valence-electron chi connectivity index (χ4n) is 2.59. The smallest absolute Gasteiger partial charge is 0.276 e. The highest BCUT2D eigenvalue weighted by atomic mass is 32.2. The number of pyridine rings is 1. The molecule has 0 bridgehead atoms. The molecule has 0 spiro atoms. The fourth-order valence-corrected chi connectivity index (χ4v) is 4.32. The van der Waals surface area contributed by atoms with Crippen molar-refractivity contribution >= 4 is 33.3 Å². The Kier molecular flexibility index (Phi) is 4.73. The molecule has 130 valence electrons. The summed E-state index contributed by atoms with van der Waals surface area (Å²) in [4.78, 5) is 21.9. The van der Waals surface area contributed by atoms with Crippen molar-refractivity contribution in [3.63, 3.8) is 0 Å². The van der Waals surface area contributed by atoms with E-state index in [0.717, 1.165) is 16.8 Å². The molecule has 0 saturated heterocycles. The molecule has 0 fully saturated rings. The molecule has 3 aromatic heterocycles. The van der Waals surface area contributed by atoms with Crippen molar-refractivity contribution in [3.8, 4) is 11.4 Å². The predicted octanol–water partition coefficient (Wildman–Crippen LogP) is 4.14. The summed E-state index contributed by atoms with van der Waals surface area (Å²) in [6.07, 6.45) is 3.53. The van der Waals surface area contributed by atoms with Crippen LogP contribution in [0.25, 0.3) is 15.9 Å². The molecule has 4 rings (SSSR count). The van der Waals surface area contributed by atoms with Crippen LogP contribution in [0, 0.1) is 0 Å². The molecule has 0 N–H and O–H groups in total. The van der Waals surface area contributed by atoms with Gasteiger partial charge in [-0.1, -0.05) is 17.8 Å². The van der Waals surface area contributed by atoms with Crippen LogP contribution in [0.1, 0.15) is 5.56 Å². The summed E-state index contributed by atoms with van der Waals surface area (Å²) in [6, 6.07) is 13.3. The van der Waals surface area contributed by atoms with E-state index < -0.39 is 0 Å². The number of hydrogen-bond donors (Lipinski definition) is 0. The van der Waals surface area contributed by atoms with Crippen LogP contribution < -0.4 is 10.3 Å². The van der Waals surface area contributed by atoms with Crippen LogP contribution in [0.3, 0.4) is 0 Å². The largest absolute Gasteiger partial charge is 0.497 e. The Morgan fingerprint density at radius 2 is 2.04 bits per heavy atom. The summed E-state index contributed by atoms with van der Waals surface area (Å²) in [5.74, 6) is 1.40. The molecule has 0 amide bonds. The Hall–Kier alpha value is -2.64. The Balaban J connectivity index is 1.83. The lowest BCUT2D eigenvalue weighted by molar-refractivity contribution is 0.414. The van der Waals surface area contributed by atoms with E-state index in [1.54, 1.807) is 24.1 Å². The van der Waals surface area contributed by atoms with Gasteiger partial charge >= 0.3 is 0 Å². The molecule has 5 nitrogen and oxygen atoms in total. The van der Waals surface area contributed by atoms with Crippen LogP contribution in [0.5, 0.6) is 5.75 Å². The number of thiophene rings is 1. The first-order valence-electron chi connectivity index (χ1n) is 7.92. The maximum absolute atomic E-state index is 13.1. The highest BCUT2D eigenvalue weighted by Crippen LogP contribution is 2.27. The average molecular weight is 381 g/mol. The molecule has 7 heteroatoms. The van der Waals surface area contributed by atoms with Crippen molar-refractivity contribution in [2.75, 3.05) is 7.11 Å². The molecule has 0 unspecified atom stereocenters. The van der Waals surface area contributed by atoms with Crippen LogP contribution in [0.15, 0.2) is 70.2 Å². The van der Waals surface area contributed by atoms with Gasteiger partial charge < -0.3 is 4.74 Å². The number of nitrogens with zero attached hydrogens (tertiary/aromatic N) is 3. The maximum Gasteiger partial charge on any atom is 0.276 e. The van der Waals surface area contributed by atoms with Crippen LogP contribution in [-0.2, 0) is 5.75 Å². The number of thioether (sulfide) groups is 1. The lowest BCUT2D eigenvalue weighted by Gasteiger charge is -2.13. The van der Waals surface area contributed by atoms with E-state index in [4.69, 9.17) is 9.72 Å². The van der Waals surface area contributed by atoms with Crippen LogP contribution in [-0.4, -0.2) is 21.6 Å². The van der Waals surface area contributed by atoms with Gasteiger partial charge in [-0.25, -0.2) is 4.98 Å². The minimum atomic E-state index is -0.0597. The van der Waals surface area contributed by atoms with Gasteiger partial charge in [0, 0.05) is 24.2 Å². The Morgan fingerprint density at radius 1 is 1.19 bits per heavy atom. The molecule has 0 aliphatic rings. The van der Waals surface area contributed by atoms with Gasteiger partial charge in [-0.2, -0.15) is 0 Å². The number of ether oxygens (including phenoxy) is 1. The fraction of sp³-hybridized carbons (Fsp3) is 0.105. The number of methoxy groups -OCH3 is 1. The quantitative estimate of drug-likeness (QED) is 0.384. The number of fused-ring (bicyclic) bond motifs is 1. The monoisotopic (exact) mass is 381 g/mol. The summed E-state index contributed by atoms with van der Waals surface area (Å²) in [6.45, 7) is 0. The Labute approximate surface area is 158 Å². The molecule has 0 aliphatic heterocycles. The van der Waals surface area contributed by atoms with Gasteiger partial charge in [0.15, 0.2) is 5.16 Å². The van der Waals surface area contributed by atoms with Gasteiger partial charge in [0.2, 0.25) is 0 Å². The summed E-state index contributed by atoms with van der Waals surface area (Å²) in [7, 11) is 1.61. The second-order valence-corrected chi connectivity index (χ2v) is 7.37. The molecule has 0 aliphatic carbocycles. The maximum atomic E-state index is 13.1. The van der Waals surface area contributed by atoms with E-state index in [2.05, 4.69) is 4.98 Å². The highest BCUT2D eigenvalue weighted by molar-refractivity contribution is 7.98. The minimum absolute atomic E-state index is 0.0597. The van der Waals surface area contributed by atoms with Gasteiger partial charge in [0.25, 0.3) is 5.56 Å². The van der Waals surface area contributed by atoms with E-state index >= 15 is 0 Å². The average Bonchev–Trinajstić information content (AvgIpc) is 3.16. The first-order valence-corrected chi connectivity index (χ1v) is 9.79. The third-order valence-electron chi connectivity index (χ3n) is 3.88. The molecule has 4 aromatic rings. The lowest BCUT2D eigenvalue weighted by atomic mass is 10.3. The van der Waals surface area contributed by atoms with Crippen molar-refractivity contribution in [2.24, 2.45) is 0 Å². The molecule has 0 radical (unpaired) electrons. The Morgan fingerprint density at radius 3 is 2.85 bits per heavy atom. The van der Waals surface area contributed by atoms with Gasteiger partial charge in [-0.15, -0.1) is 11.3 Å². The topological polar surface area (TPSA) is 57.0 Å². The zero-order valence-electron chi connectivity index (χ0n) is 14.0. The molecular formula is C19H15N3O2S2. The first kappa shape index (κ1) is 16.8. The second-order valence-electron chi connectivity index (χ2n) is 5.52. The number of rotatable bonds is 5. The van der Waals surface area contributed by atoms with Crippen LogP contribution in [0.4, 0.5) is 0 Å². The van der Waals surface area contributed by atoms with Gasteiger partial charge in [0.1, 0.15) is 10.4 Å². The third kappa shape index (κ3) is 3.23. The van der Waals surface area contributed by atoms with Crippen molar-refractivity contribution in [3.05, 3.63) is 76.2 Å². The molecule has 3 heterocycles. The standard InChI is InChI=1S/C19H15N3O2S2/c1-24-15-4-2-3-14(11-15)22-18(23)17-16(7-10-25-17)21-19(22)26-12-13-5-8-20-9-6-13/h2-11H,12H2,1H3. The van der Waals surface area contributed by atoms with E-state index in [1.807, 2.05) is 47.8 Å². The summed E-state index contributed by atoms with van der Waals surface area (Å²) in [5.41, 5.74) is 2.54. The molecular weight excluding hydrogens is 366 g/mol. The Bertz CT molecular complexity index is 1110. The third-order valence-corrected chi connectivity index (χ3v) is 5.78. The summed E-state index contributed by atoms with van der Waals surface area (Å²) < 4.78 is 7.62. The van der Waals surface area contributed by atoms with E-state index in [1.165, 1.54) is 23.1 Å². The van der Waals surface area contributed by atoms with Gasteiger partial charge in [-0.05, 0) is 41.3 Å². The van der Waals surface area contributed by atoms with Gasteiger partial charge in [-0.3, -0.25) is 14.3 Å². The summed E-state index contributed by atoms with van der Waals surface area (Å²) >= 11 is 2.94. The zero-order valence-corrected chi connectivity index (χ0v) is 15.6. The SMILES string of the molecule is COc1cccc(-n2c(SCc3ccncc3)nc3ccsc3c2=O)c1. The molecule has 0 atom stereocenters. The number of aromatic nitrogens is 3. The minimum Gasteiger partial charge on any atom is -0.497 e. The zero-order chi connectivity index (χ0) is 17.9. The molecule has 0 saturated carbocycles. The van der Waals surface area contributed by atoms with Gasteiger partial charge in [0.05, 0.1) is 18.3 Å². The molecule has 1 aromatic carbocycles. The van der Waals surface area contributed by atoms with Crippen molar-refractivity contribution in [2.45, 2.75) is 10.9 Å². The van der Waals surface area contributed by atoms with Crippen molar-refractivity contribution in [1.82, 2.24) is 14.5 Å². The van der Waals surface area contributed by atoms with Crippen molar-refractivity contribution in [1.29, 1.82) is 0 Å². The number of benzene rings is 1. The van der Waals surface area contributed by atoms with E-state index in [-0.39, 0.29) is 5.56 Å². The second kappa shape index (κ2) is 7.31. The predicted molar refractivity (Wildman–Crippen MR) is 106 cm³/mol.